The molecule has 0 saturated heterocycles. The van der Waals surface area contributed by atoms with Gasteiger partial charge < -0.3 is 19.3 Å². The number of benzene rings is 1. The lowest BCUT2D eigenvalue weighted by Gasteiger charge is -2.14. The molecular formula is C19H18N2O6S. The second kappa shape index (κ2) is 7.73. The summed E-state index contributed by atoms with van der Waals surface area (Å²) in [6.07, 6.45) is 4.72. The highest BCUT2D eigenvalue weighted by molar-refractivity contribution is 7.18. The number of fused-ring (bicyclic) bond motifs is 1. The van der Waals surface area contributed by atoms with Crippen LogP contribution in [0.1, 0.15) is 26.5 Å². The molecule has 1 N–H and O–H groups in total. The summed E-state index contributed by atoms with van der Waals surface area (Å²) in [7, 11) is 4.58. The predicted octanol–water partition coefficient (Wildman–Crippen LogP) is 2.96. The van der Waals surface area contributed by atoms with Crippen molar-refractivity contribution in [3.05, 3.63) is 50.4 Å². The van der Waals surface area contributed by atoms with E-state index in [0.717, 1.165) is 11.3 Å². The van der Waals surface area contributed by atoms with Gasteiger partial charge in [0, 0.05) is 17.3 Å². The van der Waals surface area contributed by atoms with Crippen LogP contribution in [0.3, 0.4) is 0 Å². The van der Waals surface area contributed by atoms with Crippen LogP contribution in [0.25, 0.3) is 17.1 Å². The fourth-order valence-corrected chi connectivity index (χ4v) is 3.55. The molecule has 0 aliphatic rings. The van der Waals surface area contributed by atoms with Gasteiger partial charge in [0.1, 0.15) is 4.88 Å². The summed E-state index contributed by atoms with van der Waals surface area (Å²) in [4.78, 5) is 28.5. The number of carboxylic acids is 1. The zero-order valence-corrected chi connectivity index (χ0v) is 16.5. The second-order valence-corrected chi connectivity index (χ2v) is 6.75. The van der Waals surface area contributed by atoms with Gasteiger partial charge >= 0.3 is 5.97 Å². The quantitative estimate of drug-likeness (QED) is 0.677. The zero-order valence-electron chi connectivity index (χ0n) is 15.7. The molecule has 0 bridgehead atoms. The Morgan fingerprint density at radius 1 is 1.14 bits per heavy atom. The third-order valence-corrected chi connectivity index (χ3v) is 5.13. The molecule has 28 heavy (non-hydrogen) atoms. The van der Waals surface area contributed by atoms with E-state index < -0.39 is 5.97 Å². The van der Waals surface area contributed by atoms with Crippen molar-refractivity contribution in [2.24, 2.45) is 0 Å². The maximum Gasteiger partial charge on any atom is 0.347 e. The summed E-state index contributed by atoms with van der Waals surface area (Å²) in [5.74, 6) is 0.375. The van der Waals surface area contributed by atoms with E-state index in [0.29, 0.717) is 39.0 Å². The Morgan fingerprint density at radius 3 is 2.46 bits per heavy atom. The summed E-state index contributed by atoms with van der Waals surface area (Å²) >= 11 is 0.940. The Hall–Kier alpha value is -3.33. The largest absolute Gasteiger partial charge is 0.493 e. The first-order valence-corrected chi connectivity index (χ1v) is 8.96. The minimum Gasteiger partial charge on any atom is -0.493 e. The molecule has 2 aromatic heterocycles. The summed E-state index contributed by atoms with van der Waals surface area (Å²) in [6.45, 7) is 1.64. The minimum atomic E-state index is -1.10. The first kappa shape index (κ1) is 19.4. The van der Waals surface area contributed by atoms with Crippen LogP contribution in [0.2, 0.25) is 0 Å². The van der Waals surface area contributed by atoms with E-state index in [1.54, 1.807) is 31.2 Å². The van der Waals surface area contributed by atoms with Gasteiger partial charge in [-0.05, 0) is 31.2 Å². The Kier molecular flexibility index (Phi) is 5.36. The lowest BCUT2D eigenvalue weighted by molar-refractivity contribution is 0.0701. The molecular weight excluding hydrogens is 384 g/mol. The molecule has 0 unspecified atom stereocenters. The Morgan fingerprint density at radius 2 is 1.86 bits per heavy atom. The zero-order chi connectivity index (χ0) is 20.4. The third kappa shape index (κ3) is 3.31. The van der Waals surface area contributed by atoms with Crippen LogP contribution in [0.4, 0.5) is 0 Å². The number of aromatic nitrogens is 2. The topological polar surface area (TPSA) is 99.4 Å². The molecule has 0 fully saturated rings. The molecule has 0 amide bonds. The predicted molar refractivity (Wildman–Crippen MR) is 106 cm³/mol. The minimum absolute atomic E-state index is 0.0479. The molecule has 0 spiro atoms. The molecule has 1 aromatic carbocycles. The number of ether oxygens (including phenoxy) is 3. The molecule has 146 valence electrons. The number of hydrogen-bond acceptors (Lipinski definition) is 7. The van der Waals surface area contributed by atoms with Crippen molar-refractivity contribution < 1.29 is 24.1 Å². The van der Waals surface area contributed by atoms with E-state index in [1.165, 1.54) is 31.9 Å². The SMILES string of the molecule is COc1ccc(C=Cc2nc3sc(C(=O)O)cn3c(=O)c2C)c(OC)c1OC. The van der Waals surface area contributed by atoms with E-state index in [-0.39, 0.29) is 10.4 Å². The van der Waals surface area contributed by atoms with Crippen molar-refractivity contribution >= 4 is 34.4 Å². The number of rotatable bonds is 6. The van der Waals surface area contributed by atoms with Crippen molar-refractivity contribution in [3.63, 3.8) is 0 Å². The van der Waals surface area contributed by atoms with E-state index >= 15 is 0 Å². The molecule has 0 atom stereocenters. The molecule has 3 aromatic rings. The van der Waals surface area contributed by atoms with Crippen molar-refractivity contribution in [1.82, 2.24) is 9.38 Å². The Labute approximate surface area is 164 Å². The molecule has 0 saturated carbocycles. The van der Waals surface area contributed by atoms with Gasteiger partial charge in [-0.3, -0.25) is 9.20 Å². The van der Waals surface area contributed by atoms with Gasteiger partial charge in [-0.25, -0.2) is 9.78 Å². The average Bonchev–Trinajstić information content (AvgIpc) is 3.13. The van der Waals surface area contributed by atoms with Gasteiger partial charge in [-0.2, -0.15) is 0 Å². The molecule has 8 nitrogen and oxygen atoms in total. The van der Waals surface area contributed by atoms with Crippen molar-refractivity contribution in [3.8, 4) is 17.2 Å². The van der Waals surface area contributed by atoms with Gasteiger partial charge in [0.2, 0.25) is 5.75 Å². The summed E-state index contributed by atoms with van der Waals surface area (Å²) in [5.41, 5.74) is 1.25. The highest BCUT2D eigenvalue weighted by atomic mass is 32.1. The third-order valence-electron chi connectivity index (χ3n) is 4.16. The summed E-state index contributed by atoms with van der Waals surface area (Å²) < 4.78 is 17.3. The Bertz CT molecular complexity index is 1150. The number of hydrogen-bond donors (Lipinski definition) is 1. The van der Waals surface area contributed by atoms with Crippen LogP contribution >= 0.6 is 11.3 Å². The number of methoxy groups -OCH3 is 3. The van der Waals surface area contributed by atoms with Crippen LogP contribution in [0.15, 0.2) is 23.1 Å². The molecule has 0 aliphatic heterocycles. The monoisotopic (exact) mass is 402 g/mol. The molecule has 9 heteroatoms. The van der Waals surface area contributed by atoms with Gasteiger partial charge in [-0.1, -0.05) is 11.3 Å². The van der Waals surface area contributed by atoms with Crippen LogP contribution in [0.5, 0.6) is 17.2 Å². The molecule has 3 rings (SSSR count). The second-order valence-electron chi connectivity index (χ2n) is 5.74. The van der Waals surface area contributed by atoms with Crippen LogP contribution in [-0.4, -0.2) is 41.8 Å². The van der Waals surface area contributed by atoms with E-state index in [2.05, 4.69) is 4.98 Å². The van der Waals surface area contributed by atoms with Crippen LogP contribution in [0, 0.1) is 6.92 Å². The Balaban J connectivity index is 2.10. The van der Waals surface area contributed by atoms with Gasteiger partial charge in [-0.15, -0.1) is 0 Å². The number of nitrogens with zero attached hydrogens (tertiary/aromatic N) is 2. The molecule has 0 aliphatic carbocycles. The van der Waals surface area contributed by atoms with E-state index in [1.807, 2.05) is 0 Å². The van der Waals surface area contributed by atoms with E-state index in [9.17, 15) is 9.59 Å². The fourth-order valence-electron chi connectivity index (χ4n) is 2.73. The number of carboxylic acid groups (broad SMARTS) is 1. The normalized spacial score (nSPS) is 11.1. The summed E-state index contributed by atoms with van der Waals surface area (Å²) in [5, 5.41) is 9.13. The maximum atomic E-state index is 12.5. The highest BCUT2D eigenvalue weighted by Crippen LogP contribution is 2.40. The number of thiazole rings is 1. The van der Waals surface area contributed by atoms with E-state index in [4.69, 9.17) is 19.3 Å². The standard InChI is InChI=1S/C19H18N2O6S/c1-10-12(20-19-21(17(10)22)9-14(28-19)18(23)24)7-5-11-6-8-13(25-2)16(27-4)15(11)26-3/h5-9H,1-4H3,(H,23,24). The fraction of sp³-hybridized carbons (Fsp3) is 0.211. The number of aromatic carboxylic acids is 1. The van der Waals surface area contributed by atoms with Crippen LogP contribution in [-0.2, 0) is 0 Å². The van der Waals surface area contributed by atoms with Crippen molar-refractivity contribution in [2.45, 2.75) is 6.92 Å². The highest BCUT2D eigenvalue weighted by Gasteiger charge is 2.16. The van der Waals surface area contributed by atoms with Gasteiger partial charge in [0.05, 0.1) is 27.0 Å². The molecule has 0 radical (unpaired) electrons. The average molecular weight is 402 g/mol. The summed E-state index contributed by atoms with van der Waals surface area (Å²) in [6, 6.07) is 3.54. The van der Waals surface area contributed by atoms with Gasteiger partial charge in [0.25, 0.3) is 5.56 Å². The smallest absolute Gasteiger partial charge is 0.347 e. The van der Waals surface area contributed by atoms with Crippen molar-refractivity contribution in [1.29, 1.82) is 0 Å². The lowest BCUT2D eigenvalue weighted by Crippen LogP contribution is -2.17. The van der Waals surface area contributed by atoms with Gasteiger partial charge in [0.15, 0.2) is 16.5 Å². The molecule has 2 heterocycles. The first-order valence-electron chi connectivity index (χ1n) is 8.14. The first-order chi connectivity index (χ1) is 13.4. The maximum absolute atomic E-state index is 12.5. The van der Waals surface area contributed by atoms with Crippen LogP contribution < -0.4 is 19.8 Å². The number of carbonyl (C=O) groups is 1. The van der Waals surface area contributed by atoms with Crippen molar-refractivity contribution in [2.75, 3.05) is 21.3 Å². The lowest BCUT2D eigenvalue weighted by atomic mass is 10.1.